The molecule has 0 saturated carbocycles. The summed E-state index contributed by atoms with van der Waals surface area (Å²) >= 11 is 0. The molecule has 1 aromatic heterocycles. The van der Waals surface area contributed by atoms with Gasteiger partial charge in [0.1, 0.15) is 12.7 Å². The smallest absolute Gasteiger partial charge is 0.243 e. The topological polar surface area (TPSA) is 80.1 Å². The van der Waals surface area contributed by atoms with Crippen molar-refractivity contribution in [3.8, 4) is 5.69 Å². The molecule has 152 valence electrons. The van der Waals surface area contributed by atoms with Crippen molar-refractivity contribution in [3.63, 3.8) is 0 Å². The normalized spacial score (nSPS) is 16.2. The zero-order valence-corrected chi connectivity index (χ0v) is 17.2. The molecule has 1 N–H and O–H groups in total. The highest BCUT2D eigenvalue weighted by molar-refractivity contribution is 7.89. The van der Waals surface area contributed by atoms with E-state index in [0.29, 0.717) is 24.0 Å². The third kappa shape index (κ3) is 4.55. The molecule has 2 heterocycles. The van der Waals surface area contributed by atoms with Crippen LogP contribution in [0.5, 0.6) is 0 Å². The Morgan fingerprint density at radius 3 is 2.34 bits per heavy atom. The molecule has 0 radical (unpaired) electrons. The van der Waals surface area contributed by atoms with Gasteiger partial charge in [0, 0.05) is 25.7 Å². The molecule has 1 aliphatic heterocycles. The van der Waals surface area contributed by atoms with Crippen LogP contribution >= 0.6 is 0 Å². The number of aryl methyl sites for hydroxylation is 1. The minimum absolute atomic E-state index is 0.314. The Morgan fingerprint density at radius 1 is 1.03 bits per heavy atom. The molecule has 1 fully saturated rings. The van der Waals surface area contributed by atoms with Gasteiger partial charge in [-0.3, -0.25) is 0 Å². The van der Waals surface area contributed by atoms with Crippen molar-refractivity contribution in [2.75, 3.05) is 13.1 Å². The number of benzene rings is 2. The predicted octanol–water partition coefficient (Wildman–Crippen LogP) is 2.52. The lowest BCUT2D eigenvalue weighted by Gasteiger charge is -2.31. The van der Waals surface area contributed by atoms with Crippen LogP contribution in [0.1, 0.15) is 24.0 Å². The standard InChI is InChI=1S/C21H25N5O2S/c1-17-2-8-21(9-3-17)29(27,28)25-12-10-19(11-13-25)23-14-18-4-6-20(7-5-18)26-16-22-15-24-26/h2-9,15-16,19,23H,10-14H2,1H3. The average Bonchev–Trinajstić information content (AvgIpc) is 3.28. The summed E-state index contributed by atoms with van der Waals surface area (Å²) < 4.78 is 28.9. The Hall–Kier alpha value is -2.55. The van der Waals surface area contributed by atoms with E-state index in [1.807, 2.05) is 31.2 Å². The number of piperidine rings is 1. The lowest BCUT2D eigenvalue weighted by atomic mass is 10.1. The Kier molecular flexibility index (Phi) is 5.75. The number of nitrogens with zero attached hydrogens (tertiary/aromatic N) is 4. The number of nitrogens with one attached hydrogen (secondary N) is 1. The lowest BCUT2D eigenvalue weighted by molar-refractivity contribution is 0.288. The minimum atomic E-state index is -3.40. The molecule has 1 saturated heterocycles. The van der Waals surface area contributed by atoms with Gasteiger partial charge in [-0.1, -0.05) is 29.8 Å². The molecule has 0 bridgehead atoms. The van der Waals surface area contributed by atoms with Crippen LogP contribution in [0.3, 0.4) is 0 Å². The molecule has 2 aromatic carbocycles. The van der Waals surface area contributed by atoms with Crippen LogP contribution < -0.4 is 5.32 Å². The summed E-state index contributed by atoms with van der Waals surface area (Å²) in [6.07, 6.45) is 4.80. The van der Waals surface area contributed by atoms with Crippen LogP contribution in [0.2, 0.25) is 0 Å². The zero-order valence-electron chi connectivity index (χ0n) is 16.4. The highest BCUT2D eigenvalue weighted by Crippen LogP contribution is 2.21. The van der Waals surface area contributed by atoms with Gasteiger partial charge in [-0.05, 0) is 49.6 Å². The van der Waals surface area contributed by atoms with Gasteiger partial charge < -0.3 is 5.32 Å². The molecule has 7 nitrogen and oxygen atoms in total. The fourth-order valence-electron chi connectivity index (χ4n) is 3.53. The second-order valence-corrected chi connectivity index (χ2v) is 9.32. The Labute approximate surface area is 171 Å². The van der Waals surface area contributed by atoms with Crippen molar-refractivity contribution in [2.24, 2.45) is 0 Å². The van der Waals surface area contributed by atoms with E-state index in [0.717, 1.165) is 30.6 Å². The van der Waals surface area contributed by atoms with E-state index in [2.05, 4.69) is 27.5 Å². The first kappa shape index (κ1) is 19.8. The quantitative estimate of drug-likeness (QED) is 0.674. The summed E-state index contributed by atoms with van der Waals surface area (Å²) in [4.78, 5) is 4.33. The van der Waals surface area contributed by atoms with Crippen molar-refractivity contribution < 1.29 is 8.42 Å². The maximum absolute atomic E-state index is 12.8. The lowest BCUT2D eigenvalue weighted by Crippen LogP contribution is -2.44. The predicted molar refractivity (Wildman–Crippen MR) is 111 cm³/mol. The summed E-state index contributed by atoms with van der Waals surface area (Å²) in [5.41, 5.74) is 3.21. The Bertz CT molecular complexity index is 1020. The summed E-state index contributed by atoms with van der Waals surface area (Å²) in [5, 5.41) is 7.68. The summed E-state index contributed by atoms with van der Waals surface area (Å²) in [6, 6.07) is 15.6. The van der Waals surface area contributed by atoms with Gasteiger partial charge in [-0.2, -0.15) is 9.40 Å². The monoisotopic (exact) mass is 411 g/mol. The highest BCUT2D eigenvalue weighted by atomic mass is 32.2. The van der Waals surface area contributed by atoms with Gasteiger partial charge in [0.05, 0.1) is 10.6 Å². The van der Waals surface area contributed by atoms with E-state index in [9.17, 15) is 8.42 Å². The average molecular weight is 412 g/mol. The summed E-state index contributed by atoms with van der Waals surface area (Å²) in [5.74, 6) is 0. The molecule has 0 atom stereocenters. The molecule has 3 aromatic rings. The van der Waals surface area contributed by atoms with Gasteiger partial charge in [-0.15, -0.1) is 0 Å². The minimum Gasteiger partial charge on any atom is -0.310 e. The van der Waals surface area contributed by atoms with Gasteiger partial charge >= 0.3 is 0 Å². The maximum atomic E-state index is 12.8. The van der Waals surface area contributed by atoms with Gasteiger partial charge in [0.2, 0.25) is 10.0 Å². The number of rotatable bonds is 6. The van der Waals surface area contributed by atoms with E-state index >= 15 is 0 Å². The van der Waals surface area contributed by atoms with Crippen molar-refractivity contribution in [3.05, 3.63) is 72.3 Å². The van der Waals surface area contributed by atoms with E-state index in [-0.39, 0.29) is 0 Å². The van der Waals surface area contributed by atoms with E-state index in [1.54, 1.807) is 27.4 Å². The Balaban J connectivity index is 1.29. The highest BCUT2D eigenvalue weighted by Gasteiger charge is 2.29. The molecule has 1 aliphatic rings. The first-order valence-electron chi connectivity index (χ1n) is 9.76. The second-order valence-electron chi connectivity index (χ2n) is 7.38. The second kappa shape index (κ2) is 8.44. The number of hydrogen-bond donors (Lipinski definition) is 1. The van der Waals surface area contributed by atoms with Gasteiger partial charge in [-0.25, -0.2) is 18.1 Å². The third-order valence-electron chi connectivity index (χ3n) is 5.33. The van der Waals surface area contributed by atoms with E-state index in [4.69, 9.17) is 0 Å². The van der Waals surface area contributed by atoms with Crippen LogP contribution in [-0.4, -0.2) is 46.6 Å². The first-order chi connectivity index (χ1) is 14.0. The number of sulfonamides is 1. The first-order valence-corrected chi connectivity index (χ1v) is 11.2. The fourth-order valence-corrected chi connectivity index (χ4v) is 5.00. The molecule has 0 aliphatic carbocycles. The summed E-state index contributed by atoms with van der Waals surface area (Å²) in [7, 11) is -3.40. The molecule has 8 heteroatoms. The van der Waals surface area contributed by atoms with E-state index < -0.39 is 10.0 Å². The van der Waals surface area contributed by atoms with Gasteiger partial charge in [0.25, 0.3) is 0 Å². The van der Waals surface area contributed by atoms with Crippen molar-refractivity contribution in [2.45, 2.75) is 37.2 Å². The fraction of sp³-hybridized carbons (Fsp3) is 0.333. The zero-order chi connectivity index (χ0) is 20.3. The summed E-state index contributed by atoms with van der Waals surface area (Å²) in [6.45, 7) is 3.79. The molecule has 29 heavy (non-hydrogen) atoms. The van der Waals surface area contributed by atoms with Crippen molar-refractivity contribution >= 4 is 10.0 Å². The number of hydrogen-bond acceptors (Lipinski definition) is 5. The molecular formula is C21H25N5O2S. The molecular weight excluding hydrogens is 386 g/mol. The maximum Gasteiger partial charge on any atom is 0.243 e. The van der Waals surface area contributed by atoms with Crippen LogP contribution in [0.15, 0.2) is 66.1 Å². The SMILES string of the molecule is Cc1ccc(S(=O)(=O)N2CCC(NCc3ccc(-n4cncn4)cc3)CC2)cc1. The third-order valence-corrected chi connectivity index (χ3v) is 7.24. The van der Waals surface area contributed by atoms with Crippen LogP contribution in [0.25, 0.3) is 5.69 Å². The van der Waals surface area contributed by atoms with Crippen LogP contribution in [-0.2, 0) is 16.6 Å². The van der Waals surface area contributed by atoms with Gasteiger partial charge in [0.15, 0.2) is 0 Å². The van der Waals surface area contributed by atoms with Crippen molar-refractivity contribution in [1.29, 1.82) is 0 Å². The van der Waals surface area contributed by atoms with Crippen LogP contribution in [0.4, 0.5) is 0 Å². The van der Waals surface area contributed by atoms with Crippen molar-refractivity contribution in [1.82, 2.24) is 24.4 Å². The molecule has 0 amide bonds. The number of aromatic nitrogens is 3. The van der Waals surface area contributed by atoms with Crippen LogP contribution in [0, 0.1) is 6.92 Å². The molecule has 0 unspecified atom stereocenters. The Morgan fingerprint density at radius 2 is 1.72 bits per heavy atom. The largest absolute Gasteiger partial charge is 0.310 e. The molecule has 4 rings (SSSR count). The molecule has 0 spiro atoms. The van der Waals surface area contributed by atoms with E-state index in [1.165, 1.54) is 11.9 Å².